The monoisotopic (exact) mass is 456 g/mol. The summed E-state index contributed by atoms with van der Waals surface area (Å²) in [6.07, 6.45) is 2.02. The molecule has 1 amide bonds. The van der Waals surface area contributed by atoms with E-state index in [9.17, 15) is 14.9 Å². The molecule has 8 nitrogen and oxygen atoms in total. The van der Waals surface area contributed by atoms with Gasteiger partial charge in [-0.25, -0.2) is 4.98 Å². The van der Waals surface area contributed by atoms with Crippen LogP contribution in [0.1, 0.15) is 34.3 Å². The van der Waals surface area contributed by atoms with Crippen molar-refractivity contribution in [3.8, 4) is 11.5 Å². The van der Waals surface area contributed by atoms with Crippen LogP contribution >= 0.6 is 0 Å². The number of rotatable bonds is 5. The Hall–Kier alpha value is -4.20. The van der Waals surface area contributed by atoms with E-state index >= 15 is 0 Å². The number of hydrogen-bond donors (Lipinski definition) is 1. The minimum atomic E-state index is -0.428. The summed E-state index contributed by atoms with van der Waals surface area (Å²) < 4.78 is 5.95. The van der Waals surface area contributed by atoms with Gasteiger partial charge in [0.2, 0.25) is 5.89 Å². The molecule has 0 saturated carbocycles. The largest absolute Gasteiger partial charge is 0.436 e. The van der Waals surface area contributed by atoms with E-state index in [1.807, 2.05) is 36.9 Å². The fourth-order valence-corrected chi connectivity index (χ4v) is 4.44. The summed E-state index contributed by atoms with van der Waals surface area (Å²) in [5.41, 5.74) is 5.84. The number of aryl methyl sites for hydroxylation is 2. The summed E-state index contributed by atoms with van der Waals surface area (Å²) in [4.78, 5) is 30.6. The molecule has 0 radical (unpaired) electrons. The maximum Gasteiger partial charge on any atom is 0.293 e. The smallest absolute Gasteiger partial charge is 0.293 e. The lowest BCUT2D eigenvalue weighted by Gasteiger charge is -2.17. The third-order valence-electron chi connectivity index (χ3n) is 6.09. The van der Waals surface area contributed by atoms with Gasteiger partial charge in [0.05, 0.1) is 4.92 Å². The Kier molecular flexibility index (Phi) is 5.49. The molecule has 0 unspecified atom stereocenters. The predicted molar refractivity (Wildman–Crippen MR) is 131 cm³/mol. The molecule has 4 aromatic rings. The van der Waals surface area contributed by atoms with Crippen LogP contribution in [0.5, 0.6) is 0 Å². The molecule has 1 aliphatic heterocycles. The highest BCUT2D eigenvalue weighted by molar-refractivity contribution is 6.05. The maximum absolute atomic E-state index is 12.8. The topological polar surface area (TPSA) is 102 Å². The van der Waals surface area contributed by atoms with Gasteiger partial charge in [-0.3, -0.25) is 14.9 Å². The van der Waals surface area contributed by atoms with Crippen molar-refractivity contribution in [1.29, 1.82) is 0 Å². The molecule has 0 bridgehead atoms. The van der Waals surface area contributed by atoms with Crippen LogP contribution in [0.15, 0.2) is 59.0 Å². The van der Waals surface area contributed by atoms with Crippen LogP contribution in [0.25, 0.3) is 22.6 Å². The predicted octanol–water partition coefficient (Wildman–Crippen LogP) is 5.87. The Balaban J connectivity index is 1.35. The Morgan fingerprint density at radius 2 is 1.79 bits per heavy atom. The molecule has 8 heteroatoms. The minimum Gasteiger partial charge on any atom is -0.436 e. The number of nitro benzene ring substituents is 1. The highest BCUT2D eigenvalue weighted by Gasteiger charge is 2.24. The first-order valence-corrected chi connectivity index (χ1v) is 11.2. The Morgan fingerprint density at radius 3 is 2.50 bits per heavy atom. The number of anilines is 2. The molecule has 1 aromatic heterocycles. The van der Waals surface area contributed by atoms with Gasteiger partial charge in [-0.05, 0) is 80.3 Å². The standard InChI is InChI=1S/C26H24N4O4/c1-16-13-17(2)24-21(14-16)28-26(34-24)18-5-8-20(9-6-18)27-25(31)19-7-10-22(23(15-19)30(32)33)29-11-3-4-12-29/h5-10,13-15H,3-4,11-12H2,1-2H3,(H,27,31). The van der Waals surface area contributed by atoms with Crippen molar-refractivity contribution in [3.63, 3.8) is 0 Å². The molecule has 1 aliphatic rings. The number of aromatic nitrogens is 1. The summed E-state index contributed by atoms with van der Waals surface area (Å²) >= 11 is 0. The third-order valence-corrected chi connectivity index (χ3v) is 6.09. The van der Waals surface area contributed by atoms with Crippen LogP contribution in [0, 0.1) is 24.0 Å². The van der Waals surface area contributed by atoms with Crippen LogP contribution in [-0.2, 0) is 0 Å². The van der Waals surface area contributed by atoms with Gasteiger partial charge in [-0.1, -0.05) is 6.07 Å². The average molecular weight is 457 g/mol. The van der Waals surface area contributed by atoms with Crippen molar-refractivity contribution >= 4 is 34.1 Å². The fraction of sp³-hybridized carbons (Fsp3) is 0.231. The molecule has 0 aliphatic carbocycles. The second-order valence-corrected chi connectivity index (χ2v) is 8.64. The summed E-state index contributed by atoms with van der Waals surface area (Å²) in [6, 6.07) is 15.8. The molecule has 2 heterocycles. The molecule has 1 N–H and O–H groups in total. The summed E-state index contributed by atoms with van der Waals surface area (Å²) in [6.45, 7) is 5.59. The van der Waals surface area contributed by atoms with E-state index < -0.39 is 10.8 Å². The number of carbonyl (C=O) groups is 1. The summed E-state index contributed by atoms with van der Waals surface area (Å²) in [7, 11) is 0. The lowest BCUT2D eigenvalue weighted by atomic mass is 10.1. The number of nitrogens with zero attached hydrogens (tertiary/aromatic N) is 3. The normalized spacial score (nSPS) is 13.4. The molecule has 1 fully saturated rings. The zero-order valence-electron chi connectivity index (χ0n) is 19.0. The molecule has 172 valence electrons. The number of oxazole rings is 1. The highest BCUT2D eigenvalue weighted by Crippen LogP contribution is 2.32. The quantitative estimate of drug-likeness (QED) is 0.298. The Bertz CT molecular complexity index is 1400. The number of hydrogen-bond acceptors (Lipinski definition) is 6. The number of carbonyl (C=O) groups excluding carboxylic acids is 1. The number of nitrogens with one attached hydrogen (secondary N) is 1. The molecule has 1 saturated heterocycles. The van der Waals surface area contributed by atoms with Gasteiger partial charge in [0.25, 0.3) is 11.6 Å². The molecular formula is C26H24N4O4. The van der Waals surface area contributed by atoms with Crippen LogP contribution in [0.3, 0.4) is 0 Å². The summed E-state index contributed by atoms with van der Waals surface area (Å²) in [5, 5.41) is 14.4. The molecule has 3 aromatic carbocycles. The first kappa shape index (κ1) is 21.6. The lowest BCUT2D eigenvalue weighted by molar-refractivity contribution is -0.384. The SMILES string of the molecule is Cc1cc(C)c2oc(-c3ccc(NC(=O)c4ccc(N5CCCC5)c([N+](=O)[O-])c4)cc3)nc2c1. The minimum absolute atomic E-state index is 0.0496. The number of amides is 1. The Labute approximate surface area is 196 Å². The molecule has 34 heavy (non-hydrogen) atoms. The second-order valence-electron chi connectivity index (χ2n) is 8.64. The molecule has 0 spiro atoms. The number of nitro groups is 1. The van der Waals surface area contributed by atoms with Gasteiger partial charge in [-0.15, -0.1) is 0 Å². The van der Waals surface area contributed by atoms with Crippen molar-refractivity contribution < 1.29 is 14.1 Å². The third kappa shape index (κ3) is 4.10. The van der Waals surface area contributed by atoms with Crippen molar-refractivity contribution in [2.45, 2.75) is 26.7 Å². The average Bonchev–Trinajstić information content (AvgIpc) is 3.49. The van der Waals surface area contributed by atoms with Crippen molar-refractivity contribution in [2.75, 3.05) is 23.3 Å². The Morgan fingerprint density at radius 1 is 1.06 bits per heavy atom. The van der Waals surface area contributed by atoms with Gasteiger partial charge >= 0.3 is 0 Å². The molecule has 5 rings (SSSR count). The number of fused-ring (bicyclic) bond motifs is 1. The van der Waals surface area contributed by atoms with Crippen molar-refractivity contribution in [2.24, 2.45) is 0 Å². The second kappa shape index (κ2) is 8.62. The van der Waals surface area contributed by atoms with Crippen LogP contribution < -0.4 is 10.2 Å². The van der Waals surface area contributed by atoms with E-state index in [0.29, 0.717) is 17.3 Å². The van der Waals surface area contributed by atoms with E-state index in [2.05, 4.69) is 16.4 Å². The van der Waals surface area contributed by atoms with E-state index in [4.69, 9.17) is 4.42 Å². The van der Waals surface area contributed by atoms with E-state index in [1.165, 1.54) is 6.07 Å². The highest BCUT2D eigenvalue weighted by atomic mass is 16.6. The van der Waals surface area contributed by atoms with Gasteiger partial charge in [0.1, 0.15) is 11.2 Å². The van der Waals surface area contributed by atoms with Gasteiger partial charge < -0.3 is 14.6 Å². The maximum atomic E-state index is 12.8. The van der Waals surface area contributed by atoms with Crippen molar-refractivity contribution in [3.05, 3.63) is 81.4 Å². The zero-order chi connectivity index (χ0) is 23.8. The lowest BCUT2D eigenvalue weighted by Crippen LogP contribution is -2.19. The van der Waals surface area contributed by atoms with Crippen LogP contribution in [-0.4, -0.2) is 28.9 Å². The number of benzene rings is 3. The molecule has 0 atom stereocenters. The zero-order valence-corrected chi connectivity index (χ0v) is 19.0. The van der Waals surface area contributed by atoms with E-state index in [1.54, 1.807) is 24.3 Å². The summed E-state index contributed by atoms with van der Waals surface area (Å²) in [5.74, 6) is 0.103. The fourth-order valence-electron chi connectivity index (χ4n) is 4.44. The van der Waals surface area contributed by atoms with Crippen LogP contribution in [0.2, 0.25) is 0 Å². The van der Waals surface area contributed by atoms with Gasteiger partial charge in [-0.2, -0.15) is 0 Å². The molecular weight excluding hydrogens is 432 g/mol. The van der Waals surface area contributed by atoms with Crippen molar-refractivity contribution in [1.82, 2.24) is 4.98 Å². The first-order chi connectivity index (χ1) is 16.4. The first-order valence-electron chi connectivity index (χ1n) is 11.2. The van der Waals surface area contributed by atoms with E-state index in [0.717, 1.165) is 53.7 Å². The van der Waals surface area contributed by atoms with Gasteiger partial charge in [0, 0.05) is 36.0 Å². The van der Waals surface area contributed by atoms with Gasteiger partial charge in [0.15, 0.2) is 5.58 Å². The van der Waals surface area contributed by atoms with E-state index in [-0.39, 0.29) is 11.3 Å². The van der Waals surface area contributed by atoms with Crippen LogP contribution in [0.4, 0.5) is 17.1 Å².